The molecule has 7 nitrogen and oxygen atoms in total. The van der Waals surface area contributed by atoms with Gasteiger partial charge in [0.25, 0.3) is 5.91 Å². The van der Waals surface area contributed by atoms with Crippen molar-refractivity contribution in [3.63, 3.8) is 0 Å². The summed E-state index contributed by atoms with van der Waals surface area (Å²) in [5.74, 6) is -0.539. The zero-order chi connectivity index (χ0) is 19.4. The van der Waals surface area contributed by atoms with Crippen molar-refractivity contribution in [3.8, 4) is 5.75 Å². The van der Waals surface area contributed by atoms with E-state index in [2.05, 4.69) is 10.6 Å². The van der Waals surface area contributed by atoms with Crippen LogP contribution < -0.4 is 15.4 Å². The summed E-state index contributed by atoms with van der Waals surface area (Å²) < 4.78 is 5.16. The molecule has 0 aliphatic carbocycles. The maximum absolute atomic E-state index is 12.5. The van der Waals surface area contributed by atoms with Crippen molar-refractivity contribution in [1.82, 2.24) is 10.2 Å². The van der Waals surface area contributed by atoms with E-state index >= 15 is 0 Å². The number of benzene rings is 2. The molecule has 0 aromatic heterocycles. The Hall–Kier alpha value is -3.06. The van der Waals surface area contributed by atoms with Gasteiger partial charge in [0.05, 0.1) is 12.8 Å². The quantitative estimate of drug-likeness (QED) is 0.745. The maximum atomic E-state index is 12.5. The van der Waals surface area contributed by atoms with Gasteiger partial charge in [0.2, 0.25) is 5.91 Å². The van der Waals surface area contributed by atoms with Crippen LogP contribution in [0.4, 0.5) is 10.5 Å². The van der Waals surface area contributed by atoms with Crippen molar-refractivity contribution < 1.29 is 19.1 Å². The van der Waals surface area contributed by atoms with E-state index in [-0.39, 0.29) is 0 Å². The first-order valence-electron chi connectivity index (χ1n) is 8.27. The van der Waals surface area contributed by atoms with Crippen LogP contribution >= 0.6 is 11.6 Å². The van der Waals surface area contributed by atoms with Gasteiger partial charge in [-0.2, -0.15) is 0 Å². The van der Waals surface area contributed by atoms with Gasteiger partial charge < -0.3 is 15.4 Å². The van der Waals surface area contributed by atoms with Gasteiger partial charge in [-0.15, -0.1) is 0 Å². The number of carbonyl (C=O) groups is 3. The number of hydrogen-bond acceptors (Lipinski definition) is 4. The molecular weight excluding hydrogens is 370 g/mol. The zero-order valence-electron chi connectivity index (χ0n) is 14.6. The average Bonchev–Trinajstić information content (AvgIpc) is 2.90. The highest BCUT2D eigenvalue weighted by Gasteiger charge is 2.38. The molecule has 1 aliphatic heterocycles. The second-order valence-corrected chi connectivity index (χ2v) is 6.45. The molecule has 0 spiro atoms. The molecule has 0 bridgehead atoms. The van der Waals surface area contributed by atoms with E-state index in [1.807, 2.05) is 30.3 Å². The van der Waals surface area contributed by atoms with Crippen molar-refractivity contribution in [2.45, 2.75) is 12.5 Å². The lowest BCUT2D eigenvalue weighted by molar-refractivity contribution is -0.130. The fraction of sp³-hybridized carbons (Fsp3) is 0.211. The minimum Gasteiger partial charge on any atom is -0.495 e. The molecule has 0 saturated carbocycles. The summed E-state index contributed by atoms with van der Waals surface area (Å²) >= 11 is 5.93. The minimum atomic E-state index is -0.687. The number of carbonyl (C=O) groups excluding carboxylic acids is 3. The van der Waals surface area contributed by atoms with Gasteiger partial charge >= 0.3 is 6.03 Å². The topological polar surface area (TPSA) is 87.7 Å². The molecule has 27 heavy (non-hydrogen) atoms. The fourth-order valence-corrected chi connectivity index (χ4v) is 3.00. The molecule has 1 saturated heterocycles. The maximum Gasteiger partial charge on any atom is 0.325 e. The van der Waals surface area contributed by atoms with Crippen LogP contribution in [0, 0.1) is 0 Å². The van der Waals surface area contributed by atoms with Crippen molar-refractivity contribution in [2.75, 3.05) is 19.0 Å². The lowest BCUT2D eigenvalue weighted by Gasteiger charge is -2.14. The van der Waals surface area contributed by atoms with Crippen molar-refractivity contribution in [2.24, 2.45) is 0 Å². The molecule has 2 N–H and O–H groups in total. The van der Waals surface area contributed by atoms with Crippen molar-refractivity contribution >= 4 is 35.1 Å². The Morgan fingerprint density at radius 1 is 1.22 bits per heavy atom. The van der Waals surface area contributed by atoms with Crippen LogP contribution in [-0.2, 0) is 16.0 Å². The highest BCUT2D eigenvalue weighted by Crippen LogP contribution is 2.27. The summed E-state index contributed by atoms with van der Waals surface area (Å²) in [5, 5.41) is 5.65. The third-order valence-corrected chi connectivity index (χ3v) is 4.36. The molecular formula is C19H18ClN3O4. The molecule has 0 unspecified atom stereocenters. The van der Waals surface area contributed by atoms with E-state index in [0.29, 0.717) is 22.9 Å². The highest BCUT2D eigenvalue weighted by molar-refractivity contribution is 6.31. The normalized spacial score (nSPS) is 16.2. The summed E-state index contributed by atoms with van der Waals surface area (Å²) in [6.07, 6.45) is 0.367. The number of hydrogen-bond donors (Lipinski definition) is 2. The van der Waals surface area contributed by atoms with Crippen LogP contribution in [0.2, 0.25) is 5.02 Å². The molecule has 140 valence electrons. The summed E-state index contributed by atoms with van der Waals surface area (Å²) in [7, 11) is 1.46. The lowest BCUT2D eigenvalue weighted by atomic mass is 10.1. The summed E-state index contributed by atoms with van der Waals surface area (Å²) in [4.78, 5) is 37.8. The number of nitrogens with one attached hydrogen (secondary N) is 2. The number of nitrogens with zero attached hydrogens (tertiary/aromatic N) is 1. The molecule has 3 rings (SSSR count). The number of imide groups is 1. The predicted molar refractivity (Wildman–Crippen MR) is 101 cm³/mol. The van der Waals surface area contributed by atoms with Gasteiger partial charge in [0.1, 0.15) is 18.3 Å². The second kappa shape index (κ2) is 8.09. The standard InChI is InChI=1S/C19H18ClN3O4/c1-27-16-8-7-13(20)10-14(16)21-17(24)11-23-18(25)15(22-19(23)26)9-12-5-3-2-4-6-12/h2-8,10,15H,9,11H2,1H3,(H,21,24)(H,22,26)/t15-/m1/s1. The average molecular weight is 388 g/mol. The van der Waals surface area contributed by atoms with E-state index in [4.69, 9.17) is 16.3 Å². The smallest absolute Gasteiger partial charge is 0.325 e. The highest BCUT2D eigenvalue weighted by atomic mass is 35.5. The third-order valence-electron chi connectivity index (χ3n) is 4.13. The van der Waals surface area contributed by atoms with Crippen molar-refractivity contribution in [1.29, 1.82) is 0 Å². The largest absolute Gasteiger partial charge is 0.495 e. The number of rotatable bonds is 6. The lowest BCUT2D eigenvalue weighted by Crippen LogP contribution is -2.38. The number of halogens is 1. The molecule has 1 fully saturated rings. The van der Waals surface area contributed by atoms with Gasteiger partial charge in [-0.25, -0.2) is 4.79 Å². The molecule has 4 amide bonds. The molecule has 1 atom stereocenters. The van der Waals surface area contributed by atoms with E-state index < -0.39 is 30.4 Å². The summed E-state index contributed by atoms with van der Waals surface area (Å²) in [6, 6.07) is 12.8. The monoisotopic (exact) mass is 387 g/mol. The number of amides is 4. The first-order valence-corrected chi connectivity index (χ1v) is 8.65. The molecule has 1 heterocycles. The Labute approximate surface area is 161 Å². The van der Waals surface area contributed by atoms with Crippen LogP contribution in [0.1, 0.15) is 5.56 Å². The van der Waals surface area contributed by atoms with Gasteiger partial charge in [0, 0.05) is 11.4 Å². The van der Waals surface area contributed by atoms with E-state index in [1.54, 1.807) is 12.1 Å². The molecule has 0 radical (unpaired) electrons. The predicted octanol–water partition coefficient (Wildman–Crippen LogP) is 2.45. The van der Waals surface area contributed by atoms with Crippen LogP contribution in [0.3, 0.4) is 0 Å². The van der Waals surface area contributed by atoms with E-state index in [9.17, 15) is 14.4 Å². The molecule has 2 aromatic rings. The Morgan fingerprint density at radius 3 is 2.67 bits per heavy atom. The number of methoxy groups -OCH3 is 1. The van der Waals surface area contributed by atoms with Crippen LogP contribution in [0.5, 0.6) is 5.75 Å². The Bertz CT molecular complexity index is 873. The summed E-state index contributed by atoms with van der Waals surface area (Å²) in [5.41, 5.74) is 1.29. The SMILES string of the molecule is COc1ccc(Cl)cc1NC(=O)CN1C(=O)N[C@H](Cc2ccccc2)C1=O. The first kappa shape index (κ1) is 18.7. The minimum absolute atomic E-state index is 0.364. The second-order valence-electron chi connectivity index (χ2n) is 6.01. The van der Waals surface area contributed by atoms with Gasteiger partial charge in [-0.05, 0) is 23.8 Å². The zero-order valence-corrected chi connectivity index (χ0v) is 15.3. The number of urea groups is 1. The number of ether oxygens (including phenoxy) is 1. The Kier molecular flexibility index (Phi) is 5.61. The van der Waals surface area contributed by atoms with Gasteiger partial charge in [-0.3, -0.25) is 14.5 Å². The van der Waals surface area contributed by atoms with Crippen LogP contribution in [-0.4, -0.2) is 42.4 Å². The molecule has 2 aromatic carbocycles. The van der Waals surface area contributed by atoms with E-state index in [0.717, 1.165) is 10.5 Å². The van der Waals surface area contributed by atoms with Crippen molar-refractivity contribution in [3.05, 3.63) is 59.1 Å². The van der Waals surface area contributed by atoms with Gasteiger partial charge in [0.15, 0.2) is 0 Å². The Balaban J connectivity index is 1.65. The summed E-state index contributed by atoms with van der Waals surface area (Å²) in [6.45, 7) is -0.397. The fourth-order valence-electron chi connectivity index (χ4n) is 2.83. The van der Waals surface area contributed by atoms with Gasteiger partial charge in [-0.1, -0.05) is 41.9 Å². The first-order chi connectivity index (χ1) is 13.0. The van der Waals surface area contributed by atoms with Crippen LogP contribution in [0.15, 0.2) is 48.5 Å². The molecule has 8 heteroatoms. The van der Waals surface area contributed by atoms with E-state index in [1.165, 1.54) is 13.2 Å². The molecule has 1 aliphatic rings. The van der Waals surface area contributed by atoms with Crippen LogP contribution in [0.25, 0.3) is 0 Å². The number of anilines is 1. The third kappa shape index (κ3) is 4.38. The Morgan fingerprint density at radius 2 is 1.96 bits per heavy atom.